The largest absolute Gasteiger partial charge is 0.483 e. The van der Waals surface area contributed by atoms with Crippen LogP contribution >= 0.6 is 11.3 Å². The van der Waals surface area contributed by atoms with E-state index in [1.807, 2.05) is 16.3 Å². The minimum absolute atomic E-state index is 0.250. The van der Waals surface area contributed by atoms with Gasteiger partial charge in [0, 0.05) is 25.6 Å². The van der Waals surface area contributed by atoms with E-state index in [4.69, 9.17) is 14.6 Å². The molecule has 0 aliphatic carbocycles. The molecule has 122 valence electrons. The Labute approximate surface area is 134 Å². The first-order chi connectivity index (χ1) is 10.6. The quantitative estimate of drug-likeness (QED) is 0.814. The van der Waals surface area contributed by atoms with Crippen LogP contribution in [0.15, 0.2) is 16.8 Å². The molecule has 0 spiro atoms. The van der Waals surface area contributed by atoms with Crippen LogP contribution in [0, 0.1) is 5.92 Å². The summed E-state index contributed by atoms with van der Waals surface area (Å²) in [5.74, 6) is 0.703. The van der Waals surface area contributed by atoms with Gasteiger partial charge in [-0.15, -0.1) is 0 Å². The number of carbonyl (C=O) groups is 2. The summed E-state index contributed by atoms with van der Waals surface area (Å²) >= 11 is 1.65. The number of nitrogens with zero attached hydrogens (tertiary/aromatic N) is 2. The first-order valence-corrected chi connectivity index (χ1v) is 8.23. The zero-order valence-corrected chi connectivity index (χ0v) is 13.5. The predicted octanol–water partition coefficient (Wildman–Crippen LogP) is 0.780. The summed E-state index contributed by atoms with van der Waals surface area (Å²) in [6, 6.07) is 2.38. The first-order valence-electron chi connectivity index (χ1n) is 7.28. The number of amides is 1. The second-order valence-corrected chi connectivity index (χ2v) is 6.49. The summed E-state index contributed by atoms with van der Waals surface area (Å²) in [5, 5.41) is 11.0. The molecule has 2 aliphatic rings. The number of fused-ring (bicyclic) bond motifs is 3. The smallest absolute Gasteiger partial charge is 0.290 e. The Bertz CT molecular complexity index is 480. The molecule has 0 saturated carbocycles. The second-order valence-electron chi connectivity index (χ2n) is 5.71. The molecule has 2 fully saturated rings. The van der Waals surface area contributed by atoms with Gasteiger partial charge in [0.2, 0.25) is 5.91 Å². The van der Waals surface area contributed by atoms with E-state index in [1.54, 1.807) is 11.3 Å². The number of ether oxygens (including phenoxy) is 1. The topological polar surface area (TPSA) is 70.1 Å². The van der Waals surface area contributed by atoms with Crippen molar-refractivity contribution < 1.29 is 19.4 Å². The molecule has 2 saturated heterocycles. The number of carbonyl (C=O) groups excluding carboxylic acids is 1. The van der Waals surface area contributed by atoms with Gasteiger partial charge < -0.3 is 14.7 Å². The Morgan fingerprint density at radius 2 is 2.23 bits per heavy atom. The third-order valence-electron chi connectivity index (χ3n) is 4.03. The fraction of sp³-hybridized carbons (Fsp3) is 0.600. The fourth-order valence-electron chi connectivity index (χ4n) is 2.93. The zero-order valence-electron chi connectivity index (χ0n) is 12.7. The lowest BCUT2D eigenvalue weighted by atomic mass is 10.1. The summed E-state index contributed by atoms with van der Waals surface area (Å²) < 4.78 is 5.69. The summed E-state index contributed by atoms with van der Waals surface area (Å²) in [6.07, 6.45) is 0.535. The van der Waals surface area contributed by atoms with Gasteiger partial charge in [0.1, 0.15) is 0 Å². The molecule has 1 amide bonds. The van der Waals surface area contributed by atoms with Crippen LogP contribution in [0.2, 0.25) is 0 Å². The Hall–Kier alpha value is -1.44. The van der Waals surface area contributed by atoms with Gasteiger partial charge >= 0.3 is 0 Å². The summed E-state index contributed by atoms with van der Waals surface area (Å²) in [4.78, 5) is 25.2. The van der Waals surface area contributed by atoms with E-state index >= 15 is 0 Å². The standard InChI is InChI=1S/C14H20N2O2S.CH2O2/c1-15-5-12-6-16(7-13(15)9-18-8-12)14(17)4-11-2-3-19-10-11;2-1-3/h2-3,10,12-13H,4-9H2,1H3;1H,(H,2,3)/t12-,13+;/m1./s1. The third-order valence-corrected chi connectivity index (χ3v) is 4.76. The van der Waals surface area contributed by atoms with Gasteiger partial charge in [-0.2, -0.15) is 11.3 Å². The van der Waals surface area contributed by atoms with E-state index in [2.05, 4.69) is 17.3 Å². The monoisotopic (exact) mass is 326 g/mol. The van der Waals surface area contributed by atoms with Crippen molar-refractivity contribution >= 4 is 23.7 Å². The van der Waals surface area contributed by atoms with E-state index in [9.17, 15) is 4.79 Å². The number of carboxylic acid groups (broad SMARTS) is 1. The lowest BCUT2D eigenvalue weighted by Gasteiger charge is -2.29. The van der Waals surface area contributed by atoms with Crippen LogP contribution in [0.5, 0.6) is 0 Å². The van der Waals surface area contributed by atoms with Crippen molar-refractivity contribution in [2.24, 2.45) is 5.92 Å². The Morgan fingerprint density at radius 3 is 2.91 bits per heavy atom. The van der Waals surface area contributed by atoms with Crippen molar-refractivity contribution in [3.63, 3.8) is 0 Å². The molecule has 0 radical (unpaired) electrons. The molecule has 1 N–H and O–H groups in total. The first kappa shape index (κ1) is 16.9. The van der Waals surface area contributed by atoms with E-state index < -0.39 is 0 Å². The van der Waals surface area contributed by atoms with Crippen LogP contribution in [0.3, 0.4) is 0 Å². The van der Waals surface area contributed by atoms with Crippen molar-refractivity contribution in [3.8, 4) is 0 Å². The minimum Gasteiger partial charge on any atom is -0.483 e. The maximum absolute atomic E-state index is 12.4. The zero-order chi connectivity index (χ0) is 15.9. The van der Waals surface area contributed by atoms with Crippen LogP contribution < -0.4 is 0 Å². The summed E-state index contributed by atoms with van der Waals surface area (Å²) in [7, 11) is 2.14. The number of hydrogen-bond acceptors (Lipinski definition) is 5. The molecule has 22 heavy (non-hydrogen) atoms. The van der Waals surface area contributed by atoms with Crippen molar-refractivity contribution in [2.75, 3.05) is 39.9 Å². The number of thiophene rings is 1. The van der Waals surface area contributed by atoms with E-state index in [0.29, 0.717) is 18.4 Å². The molecule has 0 aromatic carbocycles. The molecule has 2 aliphatic heterocycles. The van der Waals surface area contributed by atoms with E-state index in [-0.39, 0.29) is 12.4 Å². The van der Waals surface area contributed by atoms with Gasteiger partial charge in [-0.25, -0.2) is 0 Å². The lowest BCUT2D eigenvalue weighted by molar-refractivity contribution is -0.132. The average Bonchev–Trinajstić information content (AvgIpc) is 2.82. The van der Waals surface area contributed by atoms with Crippen LogP contribution in [-0.2, 0) is 20.7 Å². The molecular formula is C15H22N2O4S. The van der Waals surface area contributed by atoms with E-state index in [0.717, 1.165) is 38.4 Å². The highest BCUT2D eigenvalue weighted by molar-refractivity contribution is 7.07. The Balaban J connectivity index is 0.000000545. The minimum atomic E-state index is -0.250. The number of likely N-dealkylation sites (N-methyl/N-ethyl adjacent to an activating group) is 1. The van der Waals surface area contributed by atoms with Gasteiger partial charge in [0.15, 0.2) is 0 Å². The predicted molar refractivity (Wildman–Crippen MR) is 84.0 cm³/mol. The van der Waals surface area contributed by atoms with Crippen LogP contribution in [0.25, 0.3) is 0 Å². The summed E-state index contributed by atoms with van der Waals surface area (Å²) in [5.41, 5.74) is 1.13. The number of rotatable bonds is 2. The molecule has 2 atom stereocenters. The molecule has 1 aromatic rings. The SMILES string of the molecule is CN1C[C@H]2COC[C@@H]1CN(C(=O)Cc1ccsc1)C2.O=CO. The molecule has 3 heterocycles. The van der Waals surface area contributed by atoms with Gasteiger partial charge in [0.05, 0.1) is 25.7 Å². The van der Waals surface area contributed by atoms with Crippen molar-refractivity contribution in [1.29, 1.82) is 0 Å². The van der Waals surface area contributed by atoms with Gasteiger partial charge in [0.25, 0.3) is 6.47 Å². The highest BCUT2D eigenvalue weighted by atomic mass is 32.1. The molecule has 7 heteroatoms. The molecule has 3 rings (SSSR count). The summed E-state index contributed by atoms with van der Waals surface area (Å²) in [6.45, 7) is 3.95. The van der Waals surface area contributed by atoms with Gasteiger partial charge in [-0.1, -0.05) is 0 Å². The van der Waals surface area contributed by atoms with Gasteiger partial charge in [-0.3, -0.25) is 14.5 Å². The molecule has 1 aromatic heterocycles. The molecular weight excluding hydrogens is 304 g/mol. The highest BCUT2D eigenvalue weighted by Crippen LogP contribution is 2.19. The molecule has 0 unspecified atom stereocenters. The van der Waals surface area contributed by atoms with Gasteiger partial charge in [-0.05, 0) is 29.4 Å². The fourth-order valence-corrected chi connectivity index (χ4v) is 3.60. The average molecular weight is 326 g/mol. The van der Waals surface area contributed by atoms with Crippen LogP contribution in [0.4, 0.5) is 0 Å². The van der Waals surface area contributed by atoms with Crippen LogP contribution in [-0.4, -0.2) is 73.2 Å². The lowest BCUT2D eigenvalue weighted by Crippen LogP contribution is -2.45. The van der Waals surface area contributed by atoms with E-state index in [1.165, 1.54) is 0 Å². The normalized spacial score (nSPS) is 24.9. The molecule has 6 nitrogen and oxygen atoms in total. The Kier molecular flexibility index (Phi) is 6.35. The molecule has 2 bridgehead atoms. The van der Waals surface area contributed by atoms with Crippen molar-refractivity contribution in [1.82, 2.24) is 9.80 Å². The number of hydrogen-bond donors (Lipinski definition) is 1. The third kappa shape index (κ3) is 4.53. The van der Waals surface area contributed by atoms with Crippen molar-refractivity contribution in [2.45, 2.75) is 12.5 Å². The maximum atomic E-state index is 12.4. The highest BCUT2D eigenvalue weighted by Gasteiger charge is 2.33. The maximum Gasteiger partial charge on any atom is 0.290 e. The van der Waals surface area contributed by atoms with Crippen LogP contribution in [0.1, 0.15) is 5.56 Å². The second kappa shape index (κ2) is 8.26. The van der Waals surface area contributed by atoms with Crippen molar-refractivity contribution in [3.05, 3.63) is 22.4 Å². The Morgan fingerprint density at radius 1 is 1.45 bits per heavy atom.